The lowest BCUT2D eigenvalue weighted by molar-refractivity contribution is -0.152. The van der Waals surface area contributed by atoms with Crippen LogP contribution in [0.25, 0.3) is 0 Å². The summed E-state index contributed by atoms with van der Waals surface area (Å²) < 4.78 is 21.7. The van der Waals surface area contributed by atoms with Crippen molar-refractivity contribution < 1.29 is 33.3 Å². The molecule has 3 aromatic rings. The van der Waals surface area contributed by atoms with E-state index in [1.165, 1.54) is 11.0 Å². The standard InChI is InChI=1S/C31H30N2O7/c1-37-25-14-13-23(15-26(25)38-2)17-32-28-24(16-27(34)39-19-21-9-5-3-6-10-21)18-33(29(28)30(32)35)31(36)40-20-22-11-7-4-8-12-22/h3-16,28-29H,17-20H2,1-2H3/b24-16+/t28-,29+/m1/s1. The Morgan fingerprint density at radius 3 is 2.05 bits per heavy atom. The van der Waals surface area contributed by atoms with Crippen LogP contribution in [0.2, 0.25) is 0 Å². The van der Waals surface area contributed by atoms with Gasteiger partial charge >= 0.3 is 12.1 Å². The van der Waals surface area contributed by atoms with E-state index < -0.39 is 24.1 Å². The van der Waals surface area contributed by atoms with Gasteiger partial charge in [0.25, 0.3) is 0 Å². The number of likely N-dealkylation sites (tertiary alicyclic amines) is 2. The molecule has 2 amide bonds. The van der Waals surface area contributed by atoms with E-state index in [1.54, 1.807) is 31.3 Å². The van der Waals surface area contributed by atoms with Crippen LogP contribution in [0.3, 0.4) is 0 Å². The van der Waals surface area contributed by atoms with Crippen LogP contribution < -0.4 is 9.47 Å². The zero-order valence-electron chi connectivity index (χ0n) is 22.3. The molecule has 2 heterocycles. The molecule has 3 aromatic carbocycles. The summed E-state index contributed by atoms with van der Waals surface area (Å²) >= 11 is 0. The minimum atomic E-state index is -0.753. The number of β-lactam (4-membered cyclic amide) rings is 1. The second-order valence-electron chi connectivity index (χ2n) is 9.53. The zero-order valence-corrected chi connectivity index (χ0v) is 22.3. The Balaban J connectivity index is 1.34. The van der Waals surface area contributed by atoms with Crippen LogP contribution in [0, 0.1) is 0 Å². The number of carbonyl (C=O) groups excluding carboxylic acids is 3. The smallest absolute Gasteiger partial charge is 0.411 e. The van der Waals surface area contributed by atoms with Crippen molar-refractivity contribution >= 4 is 18.0 Å². The van der Waals surface area contributed by atoms with Crippen molar-refractivity contribution in [3.8, 4) is 11.5 Å². The topological polar surface area (TPSA) is 94.6 Å². The van der Waals surface area contributed by atoms with E-state index in [2.05, 4.69) is 0 Å². The van der Waals surface area contributed by atoms with Crippen LogP contribution in [0.4, 0.5) is 4.79 Å². The van der Waals surface area contributed by atoms with Crippen molar-refractivity contribution in [2.45, 2.75) is 31.8 Å². The quantitative estimate of drug-likeness (QED) is 0.228. The number of hydrogen-bond acceptors (Lipinski definition) is 7. The molecular formula is C31H30N2O7. The van der Waals surface area contributed by atoms with Crippen LogP contribution in [-0.2, 0) is 38.8 Å². The van der Waals surface area contributed by atoms with Gasteiger partial charge in [0, 0.05) is 19.2 Å². The van der Waals surface area contributed by atoms with Gasteiger partial charge in [-0.1, -0.05) is 66.7 Å². The van der Waals surface area contributed by atoms with E-state index in [4.69, 9.17) is 18.9 Å². The number of fused-ring (bicyclic) bond motifs is 1. The number of esters is 1. The minimum Gasteiger partial charge on any atom is -0.493 e. The van der Waals surface area contributed by atoms with Crippen LogP contribution in [0.1, 0.15) is 16.7 Å². The van der Waals surface area contributed by atoms with Gasteiger partial charge in [0.05, 0.1) is 20.3 Å². The number of amides is 2. The van der Waals surface area contributed by atoms with E-state index in [1.807, 2.05) is 66.7 Å². The van der Waals surface area contributed by atoms with Gasteiger partial charge in [0.2, 0.25) is 5.91 Å². The van der Waals surface area contributed by atoms with Crippen LogP contribution in [0.15, 0.2) is 90.5 Å². The largest absolute Gasteiger partial charge is 0.493 e. The minimum absolute atomic E-state index is 0.0786. The molecule has 9 nitrogen and oxygen atoms in total. The number of ether oxygens (including phenoxy) is 4. The first-order valence-corrected chi connectivity index (χ1v) is 12.9. The van der Waals surface area contributed by atoms with E-state index in [0.29, 0.717) is 17.1 Å². The third-order valence-corrected chi connectivity index (χ3v) is 7.01. The Morgan fingerprint density at radius 2 is 1.43 bits per heavy atom. The summed E-state index contributed by atoms with van der Waals surface area (Å²) in [4.78, 5) is 42.2. The van der Waals surface area contributed by atoms with Crippen LogP contribution in [0.5, 0.6) is 11.5 Å². The van der Waals surface area contributed by atoms with Crippen LogP contribution in [-0.4, -0.2) is 60.6 Å². The van der Waals surface area contributed by atoms with Crippen molar-refractivity contribution in [3.63, 3.8) is 0 Å². The van der Waals surface area contributed by atoms with Gasteiger partial charge in [0.1, 0.15) is 19.3 Å². The third kappa shape index (κ3) is 5.63. The Hall–Kier alpha value is -4.79. The highest BCUT2D eigenvalue weighted by molar-refractivity contribution is 5.96. The van der Waals surface area contributed by atoms with Crippen LogP contribution >= 0.6 is 0 Å². The summed E-state index contributed by atoms with van der Waals surface area (Å²) in [7, 11) is 3.10. The molecule has 0 bridgehead atoms. The normalized spacial score (nSPS) is 18.6. The van der Waals surface area contributed by atoms with Gasteiger partial charge in [-0.2, -0.15) is 0 Å². The fourth-order valence-corrected chi connectivity index (χ4v) is 5.01. The van der Waals surface area contributed by atoms with E-state index in [-0.39, 0.29) is 32.2 Å². The molecule has 2 aliphatic rings. The Kier molecular flexibility index (Phi) is 8.00. The predicted molar refractivity (Wildman–Crippen MR) is 145 cm³/mol. The first-order chi connectivity index (χ1) is 19.5. The maximum Gasteiger partial charge on any atom is 0.411 e. The molecule has 0 unspecified atom stereocenters. The molecule has 2 saturated heterocycles. The average Bonchev–Trinajstić information content (AvgIpc) is 3.33. The van der Waals surface area contributed by atoms with Gasteiger partial charge in [-0.15, -0.1) is 0 Å². The number of carbonyl (C=O) groups is 3. The highest BCUT2D eigenvalue weighted by Crippen LogP contribution is 2.39. The highest BCUT2D eigenvalue weighted by Gasteiger charge is 2.58. The van der Waals surface area contributed by atoms with Crippen molar-refractivity contribution in [2.24, 2.45) is 0 Å². The van der Waals surface area contributed by atoms with E-state index in [0.717, 1.165) is 16.7 Å². The van der Waals surface area contributed by atoms with Crippen molar-refractivity contribution in [2.75, 3.05) is 20.8 Å². The molecule has 0 aromatic heterocycles. The molecule has 206 valence electrons. The molecule has 0 radical (unpaired) electrons. The third-order valence-electron chi connectivity index (χ3n) is 7.01. The Morgan fingerprint density at radius 1 is 0.800 bits per heavy atom. The van der Waals surface area contributed by atoms with Gasteiger partial charge in [-0.25, -0.2) is 9.59 Å². The summed E-state index contributed by atoms with van der Waals surface area (Å²) in [6, 6.07) is 22.9. The first kappa shape index (κ1) is 26.8. The van der Waals surface area contributed by atoms with Crippen molar-refractivity contribution in [1.82, 2.24) is 9.80 Å². The van der Waals surface area contributed by atoms with Gasteiger partial charge in [0.15, 0.2) is 11.5 Å². The fourth-order valence-electron chi connectivity index (χ4n) is 5.01. The lowest BCUT2D eigenvalue weighted by Crippen LogP contribution is -2.66. The summed E-state index contributed by atoms with van der Waals surface area (Å²) in [5.74, 6) is 0.358. The maximum absolute atomic E-state index is 13.3. The molecule has 2 aliphatic heterocycles. The molecule has 40 heavy (non-hydrogen) atoms. The number of hydrogen-bond donors (Lipinski definition) is 0. The lowest BCUT2D eigenvalue weighted by Gasteiger charge is -2.45. The molecule has 5 rings (SSSR count). The molecule has 0 saturated carbocycles. The summed E-state index contributed by atoms with van der Waals surface area (Å²) in [6.07, 6.45) is 0.776. The fraction of sp³-hybridized carbons (Fsp3) is 0.258. The van der Waals surface area contributed by atoms with Gasteiger partial charge < -0.3 is 23.8 Å². The van der Waals surface area contributed by atoms with Crippen molar-refractivity contribution in [1.29, 1.82) is 0 Å². The molecular weight excluding hydrogens is 512 g/mol. The SMILES string of the molecule is COc1ccc(CN2C(=O)[C@@H]3[C@H]2/C(=C/C(=O)OCc2ccccc2)CN3C(=O)OCc2ccccc2)cc1OC. The maximum atomic E-state index is 13.3. The van der Waals surface area contributed by atoms with E-state index in [9.17, 15) is 14.4 Å². The monoisotopic (exact) mass is 542 g/mol. The molecule has 0 aliphatic carbocycles. The second kappa shape index (κ2) is 11.9. The zero-order chi connectivity index (χ0) is 28.1. The number of methoxy groups -OCH3 is 2. The molecule has 2 atom stereocenters. The Labute approximate surface area is 232 Å². The molecule has 0 spiro atoms. The first-order valence-electron chi connectivity index (χ1n) is 12.9. The molecule has 9 heteroatoms. The highest BCUT2D eigenvalue weighted by atomic mass is 16.6. The number of nitrogens with zero attached hydrogens (tertiary/aromatic N) is 2. The van der Waals surface area contributed by atoms with Crippen molar-refractivity contribution in [3.05, 3.63) is 107 Å². The summed E-state index contributed by atoms with van der Waals surface area (Å²) in [5.41, 5.74) is 3.13. The summed E-state index contributed by atoms with van der Waals surface area (Å²) in [6.45, 7) is 0.547. The molecule has 2 fully saturated rings. The number of benzene rings is 3. The average molecular weight is 543 g/mol. The number of rotatable bonds is 9. The lowest BCUT2D eigenvalue weighted by atomic mass is 9.91. The predicted octanol–water partition coefficient (Wildman–Crippen LogP) is 4.11. The van der Waals surface area contributed by atoms with Gasteiger partial charge in [-0.05, 0) is 34.4 Å². The van der Waals surface area contributed by atoms with E-state index >= 15 is 0 Å². The molecule has 0 N–H and O–H groups in total. The second-order valence-corrected chi connectivity index (χ2v) is 9.53. The van der Waals surface area contributed by atoms with Gasteiger partial charge in [-0.3, -0.25) is 9.69 Å². The Bertz CT molecular complexity index is 1410. The summed E-state index contributed by atoms with van der Waals surface area (Å²) in [5, 5.41) is 0.